The van der Waals surface area contributed by atoms with Crippen LogP contribution < -0.4 is 5.73 Å². The van der Waals surface area contributed by atoms with Crippen molar-refractivity contribution in [2.24, 2.45) is 0 Å². The number of aromatic nitrogens is 2. The van der Waals surface area contributed by atoms with E-state index in [4.69, 9.17) is 19.5 Å². The van der Waals surface area contributed by atoms with Gasteiger partial charge in [0.25, 0.3) is 0 Å². The Morgan fingerprint density at radius 1 is 1.44 bits per heavy atom. The SMILES string of the molecule is CC(=O)SCCOP(=O)(OC[C@H]1O[C@@H](n2ccc3c(N)ccnc32)[C@@](C)(O)C1O)N(C)C. The highest BCUT2D eigenvalue weighted by Crippen LogP contribution is 2.51. The number of nitrogens with zero attached hydrogens (tertiary/aromatic N) is 3. The van der Waals surface area contributed by atoms with Crippen molar-refractivity contribution in [3.05, 3.63) is 24.5 Å². The van der Waals surface area contributed by atoms with Crippen molar-refractivity contribution in [1.29, 1.82) is 0 Å². The third-order valence-corrected chi connectivity index (χ3v) is 7.93. The molecule has 5 atom stereocenters. The summed E-state index contributed by atoms with van der Waals surface area (Å²) >= 11 is 1.05. The Bertz CT molecular complexity index is 1010. The molecule has 0 spiro atoms. The second-order valence-corrected chi connectivity index (χ2v) is 11.4. The number of ether oxygens (including phenoxy) is 1. The number of carbonyl (C=O) groups excluding carboxylic acids is 1. The predicted octanol–water partition coefficient (Wildman–Crippen LogP) is 1.61. The van der Waals surface area contributed by atoms with Crippen LogP contribution in [-0.4, -0.2) is 80.4 Å². The van der Waals surface area contributed by atoms with Gasteiger partial charge in [-0.3, -0.25) is 13.8 Å². The first-order valence-electron chi connectivity index (χ1n) is 9.94. The van der Waals surface area contributed by atoms with Crippen LogP contribution in [0.2, 0.25) is 0 Å². The number of carbonyl (C=O) groups is 1. The summed E-state index contributed by atoms with van der Waals surface area (Å²) in [6.45, 7) is 2.63. The molecule has 178 valence electrons. The van der Waals surface area contributed by atoms with E-state index in [-0.39, 0.29) is 18.3 Å². The number of anilines is 1. The van der Waals surface area contributed by atoms with E-state index >= 15 is 0 Å². The van der Waals surface area contributed by atoms with E-state index in [1.807, 2.05) is 0 Å². The van der Waals surface area contributed by atoms with E-state index in [0.717, 1.165) is 11.8 Å². The minimum absolute atomic E-state index is 0.0383. The Balaban J connectivity index is 1.72. The van der Waals surface area contributed by atoms with Gasteiger partial charge in [-0.15, -0.1) is 0 Å². The van der Waals surface area contributed by atoms with E-state index in [9.17, 15) is 19.6 Å². The first kappa shape index (κ1) is 25.1. The maximum absolute atomic E-state index is 13.1. The Morgan fingerprint density at radius 3 is 2.81 bits per heavy atom. The van der Waals surface area contributed by atoms with Crippen LogP contribution in [-0.2, 0) is 23.1 Å². The Labute approximate surface area is 190 Å². The van der Waals surface area contributed by atoms with E-state index in [2.05, 4.69) is 4.98 Å². The number of nitrogen functional groups attached to an aromatic ring is 1. The van der Waals surface area contributed by atoms with Crippen LogP contribution in [0.4, 0.5) is 5.69 Å². The van der Waals surface area contributed by atoms with E-state index in [0.29, 0.717) is 22.5 Å². The smallest absolute Gasteiger partial charge is 0.398 e. The molecule has 0 saturated carbocycles. The highest BCUT2D eigenvalue weighted by Gasteiger charge is 2.54. The summed E-state index contributed by atoms with van der Waals surface area (Å²) in [6.07, 6.45) is -0.0931. The molecule has 1 aliphatic heterocycles. The molecule has 0 aliphatic carbocycles. The Hall–Kier alpha value is -1.50. The van der Waals surface area contributed by atoms with Crippen molar-refractivity contribution < 1.29 is 33.4 Å². The average Bonchev–Trinajstić information content (AvgIpc) is 3.24. The van der Waals surface area contributed by atoms with Gasteiger partial charge < -0.3 is 25.3 Å². The van der Waals surface area contributed by atoms with Gasteiger partial charge in [0, 0.05) is 36.1 Å². The summed E-state index contributed by atoms with van der Waals surface area (Å²) in [6, 6.07) is 3.42. The van der Waals surface area contributed by atoms with Crippen LogP contribution in [0.3, 0.4) is 0 Å². The van der Waals surface area contributed by atoms with Gasteiger partial charge in [-0.25, -0.2) is 14.2 Å². The van der Waals surface area contributed by atoms with Crippen LogP contribution in [0.15, 0.2) is 24.5 Å². The second-order valence-electron chi connectivity index (χ2n) is 7.84. The molecule has 11 nitrogen and oxygen atoms in total. The summed E-state index contributed by atoms with van der Waals surface area (Å²) in [5.41, 5.74) is 5.32. The fourth-order valence-corrected chi connectivity index (χ4v) is 5.19. The number of hydrogen-bond acceptors (Lipinski definition) is 10. The fourth-order valence-electron chi connectivity index (χ4n) is 3.42. The number of aliphatic hydroxyl groups is 2. The standard InChI is InChI=1S/C19H29N4O7PS/c1-12(24)32-10-9-28-31(27,22(3)4)29-11-15-16(25)19(2,26)18(30-15)23-8-6-13-14(20)5-7-21-17(13)23/h5-8,15-16,18,25-26H,9-11H2,1-4H3,(H2,20,21)/t15-,16?,18-,19+,31?/m1/s1. The third-order valence-electron chi connectivity index (χ3n) is 5.19. The lowest BCUT2D eigenvalue weighted by molar-refractivity contribution is -0.109. The molecule has 2 aromatic rings. The van der Waals surface area contributed by atoms with Gasteiger partial charge in [0.05, 0.1) is 13.2 Å². The maximum atomic E-state index is 13.1. The van der Waals surface area contributed by atoms with Gasteiger partial charge in [0.15, 0.2) is 11.3 Å². The average molecular weight is 489 g/mol. The third kappa shape index (κ3) is 5.02. The molecule has 13 heteroatoms. The number of rotatable bonds is 9. The molecule has 1 fully saturated rings. The molecule has 0 radical (unpaired) electrons. The fraction of sp³-hybridized carbons (Fsp3) is 0.579. The minimum Gasteiger partial charge on any atom is -0.398 e. The van der Waals surface area contributed by atoms with Crippen molar-refractivity contribution in [1.82, 2.24) is 14.2 Å². The molecule has 3 rings (SSSR count). The van der Waals surface area contributed by atoms with Crippen molar-refractivity contribution in [2.45, 2.75) is 37.9 Å². The molecular weight excluding hydrogens is 459 g/mol. The molecule has 1 saturated heterocycles. The lowest BCUT2D eigenvalue weighted by Crippen LogP contribution is -2.44. The Kier molecular flexibility index (Phi) is 7.68. The van der Waals surface area contributed by atoms with Gasteiger partial charge in [-0.1, -0.05) is 11.8 Å². The van der Waals surface area contributed by atoms with Crippen LogP contribution in [0.25, 0.3) is 11.0 Å². The predicted molar refractivity (Wildman–Crippen MR) is 121 cm³/mol. The van der Waals surface area contributed by atoms with Gasteiger partial charge in [0.1, 0.15) is 23.5 Å². The normalized spacial score (nSPS) is 27.8. The molecule has 4 N–H and O–H groups in total. The molecule has 1 aliphatic rings. The van der Waals surface area contributed by atoms with Gasteiger partial charge >= 0.3 is 7.75 Å². The minimum atomic E-state index is -3.70. The maximum Gasteiger partial charge on any atom is 0.407 e. The molecule has 2 unspecified atom stereocenters. The summed E-state index contributed by atoms with van der Waals surface area (Å²) < 4.78 is 32.8. The largest absolute Gasteiger partial charge is 0.407 e. The molecule has 2 aromatic heterocycles. The molecule has 0 amide bonds. The van der Waals surface area contributed by atoms with Crippen molar-refractivity contribution in [3.8, 4) is 0 Å². The topological polar surface area (TPSA) is 149 Å². The molecular formula is C19H29N4O7PS. The van der Waals surface area contributed by atoms with E-state index < -0.39 is 31.8 Å². The first-order chi connectivity index (χ1) is 15.0. The zero-order valence-corrected chi connectivity index (χ0v) is 20.1. The molecule has 0 bridgehead atoms. The van der Waals surface area contributed by atoms with Crippen molar-refractivity contribution >= 4 is 41.3 Å². The lowest BCUT2D eigenvalue weighted by atomic mass is 9.96. The van der Waals surface area contributed by atoms with Crippen LogP contribution >= 0.6 is 19.5 Å². The zero-order valence-electron chi connectivity index (χ0n) is 18.4. The summed E-state index contributed by atoms with van der Waals surface area (Å²) in [5, 5.41) is 22.3. The van der Waals surface area contributed by atoms with Crippen LogP contribution in [0.5, 0.6) is 0 Å². The quantitative estimate of drug-likeness (QED) is 0.349. The second kappa shape index (κ2) is 9.78. The van der Waals surface area contributed by atoms with Gasteiger partial charge in [0.2, 0.25) is 0 Å². The number of thioether (sulfide) groups is 1. The highest BCUT2D eigenvalue weighted by molar-refractivity contribution is 8.13. The number of nitrogens with two attached hydrogens (primary N) is 1. The Morgan fingerprint density at radius 2 is 2.16 bits per heavy atom. The summed E-state index contributed by atoms with van der Waals surface area (Å²) in [4.78, 5) is 15.3. The monoisotopic (exact) mass is 488 g/mol. The summed E-state index contributed by atoms with van der Waals surface area (Å²) in [5.74, 6) is 0.326. The van der Waals surface area contributed by atoms with Crippen molar-refractivity contribution in [2.75, 3.05) is 38.8 Å². The summed E-state index contributed by atoms with van der Waals surface area (Å²) in [7, 11) is -0.630. The van der Waals surface area contributed by atoms with Crippen LogP contribution in [0.1, 0.15) is 20.1 Å². The highest BCUT2D eigenvalue weighted by atomic mass is 32.2. The van der Waals surface area contributed by atoms with Gasteiger partial charge in [-0.05, 0) is 33.2 Å². The van der Waals surface area contributed by atoms with Crippen molar-refractivity contribution in [3.63, 3.8) is 0 Å². The van der Waals surface area contributed by atoms with Gasteiger partial charge in [-0.2, -0.15) is 0 Å². The number of fused-ring (bicyclic) bond motifs is 1. The van der Waals surface area contributed by atoms with E-state index in [1.165, 1.54) is 32.6 Å². The molecule has 32 heavy (non-hydrogen) atoms. The van der Waals surface area contributed by atoms with E-state index in [1.54, 1.807) is 29.1 Å². The number of pyridine rings is 1. The number of hydrogen-bond donors (Lipinski definition) is 3. The number of aliphatic hydroxyl groups excluding tert-OH is 1. The zero-order chi connectivity index (χ0) is 23.7. The lowest BCUT2D eigenvalue weighted by Gasteiger charge is -2.28. The first-order valence-corrected chi connectivity index (χ1v) is 12.4. The van der Waals surface area contributed by atoms with Crippen LogP contribution in [0, 0.1) is 0 Å². The molecule has 0 aromatic carbocycles. The molecule has 3 heterocycles.